The van der Waals surface area contributed by atoms with Gasteiger partial charge in [-0.15, -0.1) is 0 Å². The van der Waals surface area contributed by atoms with E-state index in [9.17, 15) is 27.9 Å². The Morgan fingerprint density at radius 1 is 1.20 bits per heavy atom. The SMILES string of the molecule is C=C(C)C(F)(F)F.COc1ncc(N=C/C(=C\N)c2oc3c(C(C)Nc4ccccc4C(=O)O)cc(C)cc3c(=O)c2C)cn1. The molecule has 4 rings (SSSR count). The molecule has 1 unspecified atom stereocenters. The predicted octanol–water partition coefficient (Wildman–Crippen LogP) is 6.91. The molecule has 0 amide bonds. The van der Waals surface area contributed by atoms with Gasteiger partial charge in [-0.2, -0.15) is 13.2 Å². The molecule has 0 saturated heterocycles. The van der Waals surface area contributed by atoms with Gasteiger partial charge in [0.25, 0.3) is 0 Å². The maximum absolute atomic E-state index is 13.4. The van der Waals surface area contributed by atoms with Crippen molar-refractivity contribution in [2.75, 3.05) is 12.4 Å². The summed E-state index contributed by atoms with van der Waals surface area (Å²) in [6, 6.07) is 10.1. The molecule has 2 aromatic carbocycles. The quantitative estimate of drug-likeness (QED) is 0.140. The number of para-hydroxylation sites is 1. The number of aromatic nitrogens is 2. The topological polar surface area (TPSA) is 153 Å². The highest BCUT2D eigenvalue weighted by Gasteiger charge is 2.27. The molecule has 4 aromatic rings. The summed E-state index contributed by atoms with van der Waals surface area (Å²) in [6.45, 7) is 9.06. The van der Waals surface area contributed by atoms with Crippen LogP contribution in [0, 0.1) is 13.8 Å². The molecule has 13 heteroatoms. The lowest BCUT2D eigenvalue weighted by atomic mass is 9.98. The summed E-state index contributed by atoms with van der Waals surface area (Å²) in [5, 5.41) is 13.2. The summed E-state index contributed by atoms with van der Waals surface area (Å²) in [6.07, 6.45) is 1.57. The first-order valence-corrected chi connectivity index (χ1v) is 13.4. The van der Waals surface area contributed by atoms with Gasteiger partial charge in [-0.25, -0.2) is 14.8 Å². The van der Waals surface area contributed by atoms with Crippen molar-refractivity contribution in [3.63, 3.8) is 0 Å². The third-order valence-electron chi connectivity index (χ3n) is 6.46. The molecule has 2 heterocycles. The lowest BCUT2D eigenvalue weighted by Crippen LogP contribution is -2.14. The number of nitrogens with zero attached hydrogens (tertiary/aromatic N) is 3. The molecule has 0 aliphatic heterocycles. The number of fused-ring (bicyclic) bond motifs is 1. The molecular formula is C32H32F3N5O5. The van der Waals surface area contributed by atoms with Crippen LogP contribution in [0.15, 0.2) is 81.3 Å². The molecule has 0 aliphatic carbocycles. The van der Waals surface area contributed by atoms with Crippen molar-refractivity contribution >= 4 is 40.1 Å². The van der Waals surface area contributed by atoms with Gasteiger partial charge in [-0.1, -0.05) is 24.8 Å². The molecule has 0 spiro atoms. The fourth-order valence-corrected chi connectivity index (χ4v) is 4.07. The number of halogens is 3. The van der Waals surface area contributed by atoms with Gasteiger partial charge in [-0.3, -0.25) is 9.79 Å². The molecule has 0 saturated carbocycles. The number of rotatable bonds is 8. The number of nitrogens with two attached hydrogens (primary N) is 1. The molecule has 10 nitrogen and oxygen atoms in total. The summed E-state index contributed by atoms with van der Waals surface area (Å²) in [7, 11) is 1.47. The Bertz CT molecular complexity index is 1830. The first-order valence-electron chi connectivity index (χ1n) is 13.4. The van der Waals surface area contributed by atoms with E-state index in [1.807, 2.05) is 19.9 Å². The third kappa shape index (κ3) is 8.34. The van der Waals surface area contributed by atoms with Crippen LogP contribution in [-0.4, -0.2) is 40.5 Å². The lowest BCUT2D eigenvalue weighted by molar-refractivity contribution is -0.0909. The molecule has 0 fully saturated rings. The maximum Gasteiger partial charge on any atom is 0.411 e. The van der Waals surface area contributed by atoms with Gasteiger partial charge < -0.3 is 25.3 Å². The van der Waals surface area contributed by atoms with Gasteiger partial charge in [0.2, 0.25) is 0 Å². The number of methoxy groups -OCH3 is 1. The van der Waals surface area contributed by atoms with Crippen LogP contribution in [0.25, 0.3) is 16.5 Å². The minimum Gasteiger partial charge on any atom is -0.478 e. The normalized spacial score (nSPS) is 12.4. The number of hydrogen-bond donors (Lipinski definition) is 3. The van der Waals surface area contributed by atoms with Crippen LogP contribution in [0.2, 0.25) is 0 Å². The van der Waals surface area contributed by atoms with E-state index in [4.69, 9.17) is 14.9 Å². The van der Waals surface area contributed by atoms with Crippen LogP contribution in [0.5, 0.6) is 6.01 Å². The number of carboxylic acid groups (broad SMARTS) is 1. The number of aryl methyl sites for hydroxylation is 1. The zero-order valence-electron chi connectivity index (χ0n) is 25.2. The van der Waals surface area contributed by atoms with Gasteiger partial charge in [0.1, 0.15) is 11.3 Å². The van der Waals surface area contributed by atoms with Crippen molar-refractivity contribution in [1.29, 1.82) is 0 Å². The monoisotopic (exact) mass is 623 g/mol. The number of ether oxygens (including phenoxy) is 1. The number of aliphatic imine (C=N–C) groups is 1. The Morgan fingerprint density at radius 2 is 1.82 bits per heavy atom. The highest BCUT2D eigenvalue weighted by Crippen LogP contribution is 2.31. The molecule has 45 heavy (non-hydrogen) atoms. The lowest BCUT2D eigenvalue weighted by Gasteiger charge is -2.20. The molecular weight excluding hydrogens is 591 g/mol. The highest BCUT2D eigenvalue weighted by atomic mass is 19.4. The number of benzene rings is 2. The van der Waals surface area contributed by atoms with Crippen LogP contribution in [0.1, 0.15) is 52.7 Å². The Hall–Kier alpha value is -5.46. The van der Waals surface area contributed by atoms with E-state index in [1.54, 1.807) is 31.2 Å². The number of aromatic carboxylic acids is 1. The fraction of sp³-hybridized carbons (Fsp3) is 0.219. The second-order valence-electron chi connectivity index (χ2n) is 9.92. The number of allylic oxidation sites excluding steroid dienone is 2. The van der Waals surface area contributed by atoms with Crippen LogP contribution in [-0.2, 0) is 0 Å². The van der Waals surface area contributed by atoms with Crippen molar-refractivity contribution in [1.82, 2.24) is 9.97 Å². The first-order chi connectivity index (χ1) is 21.2. The van der Waals surface area contributed by atoms with Crippen LogP contribution >= 0.6 is 0 Å². The smallest absolute Gasteiger partial charge is 0.411 e. The van der Waals surface area contributed by atoms with E-state index in [0.717, 1.165) is 12.5 Å². The average Bonchev–Trinajstić information content (AvgIpc) is 3.00. The van der Waals surface area contributed by atoms with E-state index in [-0.39, 0.29) is 22.8 Å². The molecule has 4 N–H and O–H groups in total. The maximum atomic E-state index is 13.4. The molecule has 0 bridgehead atoms. The fourth-order valence-electron chi connectivity index (χ4n) is 4.07. The first kappa shape index (κ1) is 34.0. The van der Waals surface area contributed by atoms with Gasteiger partial charge in [0.05, 0.1) is 47.8 Å². The Labute approximate surface area is 256 Å². The minimum atomic E-state index is -4.19. The van der Waals surface area contributed by atoms with Crippen molar-refractivity contribution < 1.29 is 32.2 Å². The second-order valence-corrected chi connectivity index (χ2v) is 9.92. The van der Waals surface area contributed by atoms with E-state index in [0.29, 0.717) is 39.0 Å². The molecule has 236 valence electrons. The van der Waals surface area contributed by atoms with Gasteiger partial charge in [0.15, 0.2) is 5.43 Å². The van der Waals surface area contributed by atoms with E-state index >= 15 is 0 Å². The summed E-state index contributed by atoms with van der Waals surface area (Å²) >= 11 is 0. The van der Waals surface area contributed by atoms with Gasteiger partial charge in [-0.05, 0) is 51.5 Å². The number of carbonyl (C=O) groups is 1. The predicted molar refractivity (Wildman–Crippen MR) is 167 cm³/mol. The highest BCUT2D eigenvalue weighted by molar-refractivity contribution is 6.10. The van der Waals surface area contributed by atoms with E-state index < -0.39 is 23.8 Å². The second kappa shape index (κ2) is 14.3. The average molecular weight is 624 g/mol. The van der Waals surface area contributed by atoms with Crippen LogP contribution in [0.4, 0.5) is 24.5 Å². The standard InChI is InChI=1S/C28H27N5O5.C4H5F3/c1-15-9-21(17(3)33-23-8-6-5-7-20(23)27(35)36)26-22(10-15)24(34)16(2)25(38-26)18(11-29)12-30-19-13-31-28(37-4)32-14-19;1-3(2)4(5,6)7/h5-14,17,33H,29H2,1-4H3,(H,35,36);1H2,2H3/b18-11+,30-12?;. The number of alkyl halides is 3. The molecule has 1 atom stereocenters. The summed E-state index contributed by atoms with van der Waals surface area (Å²) in [5.74, 6) is -0.774. The summed E-state index contributed by atoms with van der Waals surface area (Å²) < 4.78 is 44.5. The number of hydrogen-bond acceptors (Lipinski definition) is 9. The van der Waals surface area contributed by atoms with Gasteiger partial charge in [0, 0.05) is 34.8 Å². The van der Waals surface area contributed by atoms with Crippen LogP contribution in [0.3, 0.4) is 0 Å². The summed E-state index contributed by atoms with van der Waals surface area (Å²) in [4.78, 5) is 37.5. The largest absolute Gasteiger partial charge is 0.478 e. The van der Waals surface area contributed by atoms with Gasteiger partial charge >= 0.3 is 18.2 Å². The number of anilines is 1. The number of nitrogens with one attached hydrogen (secondary N) is 1. The Morgan fingerprint density at radius 3 is 2.38 bits per heavy atom. The Balaban J connectivity index is 0.000000707. The van der Waals surface area contributed by atoms with Crippen LogP contribution < -0.4 is 21.2 Å². The van der Waals surface area contributed by atoms with Crippen molar-refractivity contribution in [3.8, 4) is 6.01 Å². The third-order valence-corrected chi connectivity index (χ3v) is 6.46. The Kier molecular flexibility index (Phi) is 10.8. The zero-order chi connectivity index (χ0) is 33.5. The summed E-state index contributed by atoms with van der Waals surface area (Å²) in [5.41, 5.74) is 8.69. The molecule has 0 aliphatic rings. The molecule has 2 aromatic heterocycles. The van der Waals surface area contributed by atoms with Crippen molar-refractivity contribution in [2.24, 2.45) is 10.7 Å². The number of carboxylic acids is 1. The van der Waals surface area contributed by atoms with E-state index in [1.165, 1.54) is 38.0 Å². The van der Waals surface area contributed by atoms with Crippen molar-refractivity contribution in [2.45, 2.75) is 39.9 Å². The molecule has 0 radical (unpaired) electrons. The minimum absolute atomic E-state index is 0.140. The van der Waals surface area contributed by atoms with Crippen molar-refractivity contribution in [3.05, 3.63) is 105 Å². The van der Waals surface area contributed by atoms with E-state index in [2.05, 4.69) is 26.9 Å². The zero-order valence-corrected chi connectivity index (χ0v) is 25.2.